The van der Waals surface area contributed by atoms with Crippen LogP contribution < -0.4 is 0 Å². The number of halogens is 3. The van der Waals surface area contributed by atoms with Crippen LogP contribution in [0.2, 0.25) is 5.02 Å². The highest BCUT2D eigenvalue weighted by molar-refractivity contribution is 9.10. The maximum atomic E-state index is 11.3. The summed E-state index contributed by atoms with van der Waals surface area (Å²) in [4.78, 5) is 11.3. The third-order valence-electron chi connectivity index (χ3n) is 1.69. The van der Waals surface area contributed by atoms with Crippen molar-refractivity contribution in [3.8, 4) is 0 Å². The van der Waals surface area contributed by atoms with Gasteiger partial charge in [-0.15, -0.1) is 0 Å². The van der Waals surface area contributed by atoms with Gasteiger partial charge in [-0.25, -0.2) is 4.79 Å². The van der Waals surface area contributed by atoms with Crippen LogP contribution in [0.4, 0.5) is 0 Å². The summed E-state index contributed by atoms with van der Waals surface area (Å²) in [5, 5.41) is 1.03. The Morgan fingerprint density at radius 2 is 2.21 bits per heavy atom. The molecule has 0 heterocycles. The van der Waals surface area contributed by atoms with Gasteiger partial charge in [0, 0.05) is 9.80 Å². The van der Waals surface area contributed by atoms with Gasteiger partial charge >= 0.3 is 5.97 Å². The summed E-state index contributed by atoms with van der Waals surface area (Å²) in [5.41, 5.74) is 1.33. The van der Waals surface area contributed by atoms with Crippen LogP contribution in [0, 0.1) is 0 Å². The molecule has 5 heteroatoms. The number of alkyl halides is 1. The number of hydrogen-bond donors (Lipinski definition) is 0. The van der Waals surface area contributed by atoms with E-state index in [1.54, 1.807) is 12.1 Å². The first-order valence-corrected chi connectivity index (χ1v) is 6.01. The predicted octanol–water partition coefficient (Wildman–Crippen LogP) is 3.78. The predicted molar refractivity (Wildman–Crippen MR) is 63.1 cm³/mol. The van der Waals surface area contributed by atoms with E-state index in [0.717, 1.165) is 10.0 Å². The van der Waals surface area contributed by atoms with Crippen LogP contribution in [0.25, 0.3) is 0 Å². The molecule has 0 aliphatic heterocycles. The van der Waals surface area contributed by atoms with E-state index in [-0.39, 0.29) is 0 Å². The Hall–Kier alpha value is -0.0600. The Morgan fingerprint density at radius 1 is 1.57 bits per heavy atom. The molecule has 0 spiro atoms. The highest BCUT2D eigenvalue weighted by Crippen LogP contribution is 2.27. The lowest BCUT2D eigenvalue weighted by molar-refractivity contribution is 0.0601. The van der Waals surface area contributed by atoms with Crippen LogP contribution in [0.5, 0.6) is 0 Å². The van der Waals surface area contributed by atoms with Crippen molar-refractivity contribution in [2.24, 2.45) is 0 Å². The normalized spacial score (nSPS) is 10.0. The van der Waals surface area contributed by atoms with Crippen molar-refractivity contribution in [3.05, 3.63) is 32.8 Å². The van der Waals surface area contributed by atoms with E-state index in [9.17, 15) is 4.79 Å². The van der Waals surface area contributed by atoms with Crippen molar-refractivity contribution < 1.29 is 9.53 Å². The van der Waals surface area contributed by atoms with Crippen molar-refractivity contribution >= 4 is 49.4 Å². The molecular formula is C9H7Br2ClO2. The molecule has 0 aliphatic carbocycles. The largest absolute Gasteiger partial charge is 0.465 e. The highest BCUT2D eigenvalue weighted by atomic mass is 79.9. The summed E-state index contributed by atoms with van der Waals surface area (Å²) in [7, 11) is 1.33. The first kappa shape index (κ1) is 12.0. The van der Waals surface area contributed by atoms with E-state index in [0.29, 0.717) is 15.9 Å². The first-order chi connectivity index (χ1) is 6.60. The minimum atomic E-state index is -0.426. The molecule has 76 valence electrons. The smallest absolute Gasteiger partial charge is 0.339 e. The second-order valence-corrected chi connectivity index (χ2v) is 4.37. The van der Waals surface area contributed by atoms with Gasteiger partial charge in [-0.3, -0.25) is 0 Å². The van der Waals surface area contributed by atoms with E-state index in [2.05, 4.69) is 36.6 Å². The van der Waals surface area contributed by atoms with Gasteiger partial charge in [0.05, 0.1) is 17.7 Å². The van der Waals surface area contributed by atoms with E-state index in [1.807, 2.05) is 0 Å². The number of esters is 1. The Morgan fingerprint density at radius 3 is 2.71 bits per heavy atom. The Balaban J connectivity index is 3.24. The topological polar surface area (TPSA) is 26.3 Å². The Bertz CT molecular complexity index is 366. The van der Waals surface area contributed by atoms with Gasteiger partial charge in [0.25, 0.3) is 0 Å². The fourth-order valence-corrected chi connectivity index (χ4v) is 2.66. The molecule has 0 unspecified atom stereocenters. The third kappa shape index (κ3) is 2.49. The molecule has 0 N–H and O–H groups in total. The number of hydrogen-bond acceptors (Lipinski definition) is 2. The van der Waals surface area contributed by atoms with E-state index in [1.165, 1.54) is 7.11 Å². The molecule has 0 atom stereocenters. The van der Waals surface area contributed by atoms with Crippen LogP contribution in [-0.2, 0) is 10.1 Å². The van der Waals surface area contributed by atoms with Gasteiger partial charge in [-0.2, -0.15) is 0 Å². The van der Waals surface area contributed by atoms with Crippen LogP contribution >= 0.6 is 43.5 Å². The molecule has 1 aromatic rings. The number of carbonyl (C=O) groups is 1. The average Bonchev–Trinajstić information content (AvgIpc) is 2.17. The van der Waals surface area contributed by atoms with Gasteiger partial charge in [-0.1, -0.05) is 43.5 Å². The number of rotatable bonds is 2. The Labute approximate surface area is 104 Å². The minimum Gasteiger partial charge on any atom is -0.465 e. The van der Waals surface area contributed by atoms with Crippen molar-refractivity contribution in [2.75, 3.05) is 7.11 Å². The first-order valence-electron chi connectivity index (χ1n) is 3.72. The number of benzene rings is 1. The lowest BCUT2D eigenvalue weighted by Gasteiger charge is -2.06. The summed E-state index contributed by atoms with van der Waals surface area (Å²) >= 11 is 12.5. The van der Waals surface area contributed by atoms with Crippen LogP contribution in [0.1, 0.15) is 15.9 Å². The molecular weight excluding hydrogens is 335 g/mol. The van der Waals surface area contributed by atoms with Crippen molar-refractivity contribution in [3.63, 3.8) is 0 Å². The van der Waals surface area contributed by atoms with Gasteiger partial charge in [0.15, 0.2) is 0 Å². The quantitative estimate of drug-likeness (QED) is 0.604. The Kier molecular flexibility index (Phi) is 4.41. The van der Waals surface area contributed by atoms with E-state index >= 15 is 0 Å². The van der Waals surface area contributed by atoms with Crippen LogP contribution in [-0.4, -0.2) is 13.1 Å². The lowest BCUT2D eigenvalue weighted by atomic mass is 10.1. The molecule has 14 heavy (non-hydrogen) atoms. The van der Waals surface area contributed by atoms with Crippen molar-refractivity contribution in [1.29, 1.82) is 0 Å². The highest BCUT2D eigenvalue weighted by Gasteiger charge is 2.13. The second-order valence-electron chi connectivity index (χ2n) is 2.55. The zero-order valence-electron chi connectivity index (χ0n) is 7.31. The molecule has 0 saturated carbocycles. The third-order valence-corrected chi connectivity index (χ3v) is 3.34. The van der Waals surface area contributed by atoms with Gasteiger partial charge in [0.1, 0.15) is 0 Å². The summed E-state index contributed by atoms with van der Waals surface area (Å²) in [5.74, 6) is -0.426. The molecule has 1 rings (SSSR count). The molecule has 0 radical (unpaired) electrons. The maximum absolute atomic E-state index is 11.3. The van der Waals surface area contributed by atoms with Gasteiger partial charge in [0.2, 0.25) is 0 Å². The standard InChI is InChI=1S/C9H7Br2ClO2/c1-14-9(13)6-2-5(4-10)7(11)3-8(6)12/h2-3H,4H2,1H3. The molecule has 0 fully saturated rings. The fourth-order valence-electron chi connectivity index (χ4n) is 0.963. The average molecular weight is 342 g/mol. The zero-order chi connectivity index (χ0) is 10.7. The summed E-state index contributed by atoms with van der Waals surface area (Å²) in [6.45, 7) is 0. The molecule has 0 bridgehead atoms. The van der Waals surface area contributed by atoms with Crippen molar-refractivity contribution in [2.45, 2.75) is 5.33 Å². The monoisotopic (exact) mass is 340 g/mol. The van der Waals surface area contributed by atoms with Gasteiger partial charge < -0.3 is 4.74 Å². The summed E-state index contributed by atoms with van der Waals surface area (Å²) < 4.78 is 5.47. The molecule has 0 aliphatic rings. The van der Waals surface area contributed by atoms with E-state index in [4.69, 9.17) is 11.6 Å². The van der Waals surface area contributed by atoms with E-state index < -0.39 is 5.97 Å². The molecule has 0 amide bonds. The SMILES string of the molecule is COC(=O)c1cc(CBr)c(Br)cc1Cl. The number of carbonyl (C=O) groups excluding carboxylic acids is 1. The molecule has 0 saturated heterocycles. The number of methoxy groups -OCH3 is 1. The van der Waals surface area contributed by atoms with Crippen LogP contribution in [0.15, 0.2) is 16.6 Å². The molecule has 1 aromatic carbocycles. The lowest BCUT2D eigenvalue weighted by Crippen LogP contribution is -2.03. The summed E-state index contributed by atoms with van der Waals surface area (Å²) in [6, 6.07) is 3.39. The fraction of sp³-hybridized carbons (Fsp3) is 0.222. The van der Waals surface area contributed by atoms with Crippen LogP contribution in [0.3, 0.4) is 0 Å². The van der Waals surface area contributed by atoms with Gasteiger partial charge in [-0.05, 0) is 17.7 Å². The minimum absolute atomic E-state index is 0.381. The molecule has 2 nitrogen and oxygen atoms in total. The van der Waals surface area contributed by atoms with Crippen molar-refractivity contribution in [1.82, 2.24) is 0 Å². The zero-order valence-corrected chi connectivity index (χ0v) is 11.2. The second kappa shape index (κ2) is 5.14. The maximum Gasteiger partial charge on any atom is 0.339 e. The summed E-state index contributed by atoms with van der Waals surface area (Å²) in [6.07, 6.45) is 0. The molecule has 0 aromatic heterocycles. The number of ether oxygens (including phenoxy) is 1.